The van der Waals surface area contributed by atoms with Gasteiger partial charge in [0, 0.05) is 28.8 Å². The molecule has 126 valence electrons. The highest BCUT2D eigenvalue weighted by Gasteiger charge is 2.06. The highest BCUT2D eigenvalue weighted by atomic mass is 79.9. The average molecular weight is 407 g/mol. The van der Waals surface area contributed by atoms with Crippen molar-refractivity contribution in [2.45, 2.75) is 26.9 Å². The van der Waals surface area contributed by atoms with Crippen LogP contribution in [0.4, 0.5) is 0 Å². The van der Waals surface area contributed by atoms with Crippen molar-refractivity contribution in [3.05, 3.63) is 50.3 Å². The number of aromatic nitrogens is 3. The zero-order valence-corrected chi connectivity index (χ0v) is 16.2. The summed E-state index contributed by atoms with van der Waals surface area (Å²) in [6.45, 7) is 5.39. The average Bonchev–Trinajstić information content (AvgIpc) is 3.10. The number of thiazole rings is 1. The predicted octanol–water partition coefficient (Wildman–Crippen LogP) is 3.04. The van der Waals surface area contributed by atoms with Crippen LogP contribution in [0, 0.1) is 13.8 Å². The molecule has 0 aliphatic rings. The Morgan fingerprint density at radius 2 is 2.00 bits per heavy atom. The fourth-order valence-electron chi connectivity index (χ4n) is 2.27. The first-order valence-corrected chi connectivity index (χ1v) is 9.16. The van der Waals surface area contributed by atoms with E-state index in [1.54, 1.807) is 18.4 Å². The van der Waals surface area contributed by atoms with Crippen molar-refractivity contribution in [3.63, 3.8) is 0 Å². The summed E-state index contributed by atoms with van der Waals surface area (Å²) < 4.78 is 3.02. The smallest absolute Gasteiger partial charge is 0.191 e. The Bertz CT molecular complexity index is 862. The van der Waals surface area contributed by atoms with E-state index in [0.717, 1.165) is 32.5 Å². The van der Waals surface area contributed by atoms with Crippen LogP contribution < -0.4 is 10.6 Å². The van der Waals surface area contributed by atoms with Gasteiger partial charge in [-0.05, 0) is 41.9 Å². The van der Waals surface area contributed by atoms with Gasteiger partial charge in [0.1, 0.15) is 10.7 Å². The molecule has 0 unspecified atom stereocenters. The van der Waals surface area contributed by atoms with Crippen LogP contribution in [0.5, 0.6) is 0 Å². The number of halogens is 1. The van der Waals surface area contributed by atoms with E-state index in [9.17, 15) is 0 Å². The van der Waals surface area contributed by atoms with Gasteiger partial charge in [-0.2, -0.15) is 0 Å². The van der Waals surface area contributed by atoms with E-state index in [-0.39, 0.29) is 0 Å². The molecule has 0 atom stereocenters. The zero-order chi connectivity index (χ0) is 17.1. The number of fused-ring (bicyclic) bond motifs is 1. The van der Waals surface area contributed by atoms with Crippen LogP contribution in [0.3, 0.4) is 0 Å². The number of guanidine groups is 1. The van der Waals surface area contributed by atoms with Crippen LogP contribution in [-0.4, -0.2) is 27.4 Å². The lowest BCUT2D eigenvalue weighted by molar-refractivity contribution is 0.794. The molecule has 2 N–H and O–H groups in total. The summed E-state index contributed by atoms with van der Waals surface area (Å²) in [5, 5.41) is 7.63. The molecule has 0 aromatic carbocycles. The maximum Gasteiger partial charge on any atom is 0.191 e. The number of hydrogen-bond donors (Lipinski definition) is 2. The van der Waals surface area contributed by atoms with Gasteiger partial charge in [0.25, 0.3) is 0 Å². The van der Waals surface area contributed by atoms with Crippen LogP contribution >= 0.6 is 27.3 Å². The molecule has 0 bridgehead atoms. The van der Waals surface area contributed by atoms with E-state index in [1.165, 1.54) is 4.88 Å². The standard InChI is InChI=1S/C16H19BrN6S/c1-10-11(2)24-15(21-10)7-20-16(18-3)19-6-13-9-23-8-12(17)4-5-14(23)22-13/h4-5,8-9H,6-7H2,1-3H3,(H2,18,19,20). The SMILES string of the molecule is CN=C(NCc1cn2cc(Br)ccc2n1)NCc1nc(C)c(C)s1. The van der Waals surface area contributed by atoms with Crippen molar-refractivity contribution >= 4 is 38.9 Å². The van der Waals surface area contributed by atoms with E-state index < -0.39 is 0 Å². The number of pyridine rings is 1. The number of aliphatic imine (C=N–C) groups is 1. The van der Waals surface area contributed by atoms with Gasteiger partial charge in [-0.25, -0.2) is 9.97 Å². The molecule has 24 heavy (non-hydrogen) atoms. The Morgan fingerprint density at radius 1 is 1.21 bits per heavy atom. The third-order valence-electron chi connectivity index (χ3n) is 3.61. The molecule has 3 aromatic heterocycles. The molecule has 0 radical (unpaired) electrons. The van der Waals surface area contributed by atoms with Crippen molar-refractivity contribution in [1.82, 2.24) is 25.0 Å². The number of imidazole rings is 1. The molecular weight excluding hydrogens is 388 g/mol. The van der Waals surface area contributed by atoms with Crippen LogP contribution in [0.2, 0.25) is 0 Å². The van der Waals surface area contributed by atoms with Crippen molar-refractivity contribution in [3.8, 4) is 0 Å². The molecular formula is C16H19BrN6S. The van der Waals surface area contributed by atoms with Gasteiger partial charge in [-0.15, -0.1) is 11.3 Å². The molecule has 6 nitrogen and oxygen atoms in total. The zero-order valence-electron chi connectivity index (χ0n) is 13.8. The van der Waals surface area contributed by atoms with Gasteiger partial charge in [-0.1, -0.05) is 0 Å². The summed E-state index contributed by atoms with van der Waals surface area (Å²) >= 11 is 5.18. The molecule has 0 fully saturated rings. The van der Waals surface area contributed by atoms with Gasteiger partial charge < -0.3 is 15.0 Å². The van der Waals surface area contributed by atoms with E-state index in [2.05, 4.69) is 48.4 Å². The Balaban J connectivity index is 1.58. The first-order valence-electron chi connectivity index (χ1n) is 7.55. The summed E-state index contributed by atoms with van der Waals surface area (Å²) in [6, 6.07) is 3.96. The Morgan fingerprint density at radius 3 is 2.71 bits per heavy atom. The Kier molecular flexibility index (Phi) is 5.15. The van der Waals surface area contributed by atoms with Crippen molar-refractivity contribution in [2.24, 2.45) is 4.99 Å². The first-order chi connectivity index (χ1) is 11.5. The molecule has 3 rings (SSSR count). The third-order valence-corrected chi connectivity index (χ3v) is 5.15. The summed E-state index contributed by atoms with van der Waals surface area (Å²) in [5.74, 6) is 0.735. The maximum atomic E-state index is 4.58. The second-order valence-corrected chi connectivity index (χ2v) is 7.58. The Hall–Kier alpha value is -1.93. The largest absolute Gasteiger partial charge is 0.351 e. The molecule has 0 saturated heterocycles. The maximum absolute atomic E-state index is 4.58. The third kappa shape index (κ3) is 3.93. The van der Waals surface area contributed by atoms with Crippen molar-refractivity contribution < 1.29 is 0 Å². The molecule has 3 aromatic rings. The van der Waals surface area contributed by atoms with Gasteiger partial charge in [0.15, 0.2) is 5.96 Å². The first kappa shape index (κ1) is 16.9. The molecule has 0 spiro atoms. The minimum Gasteiger partial charge on any atom is -0.351 e. The monoisotopic (exact) mass is 406 g/mol. The fourth-order valence-corrected chi connectivity index (χ4v) is 3.50. The summed E-state index contributed by atoms with van der Waals surface area (Å²) in [4.78, 5) is 14.6. The number of aryl methyl sites for hydroxylation is 2. The van der Waals surface area contributed by atoms with Gasteiger partial charge in [0.05, 0.1) is 24.5 Å². The molecule has 0 aliphatic carbocycles. The van der Waals surface area contributed by atoms with E-state index in [4.69, 9.17) is 0 Å². The quantitative estimate of drug-likeness (QED) is 0.516. The van der Waals surface area contributed by atoms with Gasteiger partial charge in [0.2, 0.25) is 0 Å². The summed E-state index contributed by atoms with van der Waals surface area (Å²) in [5.41, 5.74) is 2.97. The number of hydrogen-bond acceptors (Lipinski definition) is 4. The highest BCUT2D eigenvalue weighted by Crippen LogP contribution is 2.16. The van der Waals surface area contributed by atoms with E-state index >= 15 is 0 Å². The summed E-state index contributed by atoms with van der Waals surface area (Å²) in [6.07, 6.45) is 4.00. The normalized spacial score (nSPS) is 11.9. The van der Waals surface area contributed by atoms with Gasteiger partial charge >= 0.3 is 0 Å². The van der Waals surface area contributed by atoms with E-state index in [1.807, 2.05) is 35.9 Å². The minimum absolute atomic E-state index is 0.606. The number of nitrogens with zero attached hydrogens (tertiary/aromatic N) is 4. The number of nitrogens with one attached hydrogen (secondary N) is 2. The molecule has 8 heteroatoms. The molecule has 3 heterocycles. The van der Waals surface area contributed by atoms with Crippen LogP contribution in [-0.2, 0) is 13.1 Å². The molecule has 0 amide bonds. The minimum atomic E-state index is 0.606. The van der Waals surface area contributed by atoms with Crippen LogP contribution in [0.25, 0.3) is 5.65 Å². The molecule has 0 aliphatic heterocycles. The topological polar surface area (TPSA) is 66.6 Å². The second kappa shape index (κ2) is 7.31. The van der Waals surface area contributed by atoms with Crippen molar-refractivity contribution in [2.75, 3.05) is 7.05 Å². The fraction of sp³-hybridized carbons (Fsp3) is 0.312. The summed E-state index contributed by atoms with van der Waals surface area (Å²) in [7, 11) is 1.76. The number of rotatable bonds is 4. The lowest BCUT2D eigenvalue weighted by Gasteiger charge is -2.09. The van der Waals surface area contributed by atoms with E-state index in [0.29, 0.717) is 13.1 Å². The van der Waals surface area contributed by atoms with Gasteiger partial charge in [-0.3, -0.25) is 4.99 Å². The highest BCUT2D eigenvalue weighted by molar-refractivity contribution is 9.10. The lowest BCUT2D eigenvalue weighted by Crippen LogP contribution is -2.36. The lowest BCUT2D eigenvalue weighted by atomic mass is 10.4. The second-order valence-electron chi connectivity index (χ2n) is 5.37. The predicted molar refractivity (Wildman–Crippen MR) is 102 cm³/mol. The molecule has 0 saturated carbocycles. The Labute approximate surface area is 153 Å². The van der Waals surface area contributed by atoms with Crippen LogP contribution in [0.1, 0.15) is 21.3 Å². The van der Waals surface area contributed by atoms with Crippen LogP contribution in [0.15, 0.2) is 34.0 Å². The van der Waals surface area contributed by atoms with Crippen molar-refractivity contribution in [1.29, 1.82) is 0 Å².